The first-order chi connectivity index (χ1) is 9.89. The Kier molecular flexibility index (Phi) is 4.51. The number of carboxylic acid groups (broad SMARTS) is 1. The lowest BCUT2D eigenvalue weighted by molar-refractivity contribution is -0.147. The van der Waals surface area contributed by atoms with Crippen LogP contribution < -0.4 is 9.47 Å². The summed E-state index contributed by atoms with van der Waals surface area (Å²) in [5.41, 5.74) is 0.988. The highest BCUT2D eigenvalue weighted by Gasteiger charge is 2.48. The fraction of sp³-hybridized carbons (Fsp3) is 0.562. The molecule has 4 nitrogen and oxygen atoms in total. The van der Waals surface area contributed by atoms with Crippen LogP contribution in [0.3, 0.4) is 0 Å². The molecular formula is C16H21BrO4. The molecule has 1 saturated carbocycles. The Bertz CT molecular complexity index is 562. The monoisotopic (exact) mass is 356 g/mol. The average Bonchev–Trinajstić information content (AvgIpc) is 2.35. The molecule has 0 aromatic heterocycles. The van der Waals surface area contributed by atoms with E-state index in [9.17, 15) is 9.90 Å². The molecule has 1 aliphatic rings. The van der Waals surface area contributed by atoms with Crippen LogP contribution in [-0.4, -0.2) is 25.3 Å². The normalized spacial score (nSPS) is 16.5. The third kappa shape index (κ3) is 2.41. The van der Waals surface area contributed by atoms with Gasteiger partial charge in [-0.25, -0.2) is 0 Å². The van der Waals surface area contributed by atoms with E-state index in [0.29, 0.717) is 24.3 Å². The van der Waals surface area contributed by atoms with Crippen LogP contribution in [0, 0.1) is 0 Å². The molecular weight excluding hydrogens is 336 g/mol. The summed E-state index contributed by atoms with van der Waals surface area (Å²) in [6.45, 7) is 4.09. The van der Waals surface area contributed by atoms with Crippen molar-refractivity contribution in [3.63, 3.8) is 0 Å². The molecule has 0 saturated heterocycles. The molecule has 5 heteroatoms. The van der Waals surface area contributed by atoms with Crippen LogP contribution in [0.4, 0.5) is 0 Å². The predicted molar refractivity (Wildman–Crippen MR) is 84.5 cm³/mol. The molecule has 21 heavy (non-hydrogen) atoms. The van der Waals surface area contributed by atoms with Crippen LogP contribution >= 0.6 is 15.9 Å². The number of ether oxygens (including phenoxy) is 2. The van der Waals surface area contributed by atoms with E-state index in [0.717, 1.165) is 22.0 Å². The zero-order valence-corrected chi connectivity index (χ0v) is 14.4. The highest BCUT2D eigenvalue weighted by atomic mass is 79.9. The molecule has 0 unspecified atom stereocenters. The van der Waals surface area contributed by atoms with Gasteiger partial charge in [-0.1, -0.05) is 20.3 Å². The summed E-state index contributed by atoms with van der Waals surface area (Å²) in [5, 5.41) is 9.74. The van der Waals surface area contributed by atoms with Gasteiger partial charge in [0.15, 0.2) is 11.5 Å². The summed E-state index contributed by atoms with van der Waals surface area (Å²) in [6, 6.07) is 1.89. The topological polar surface area (TPSA) is 55.8 Å². The van der Waals surface area contributed by atoms with E-state index in [1.807, 2.05) is 19.9 Å². The molecule has 1 aromatic rings. The van der Waals surface area contributed by atoms with Gasteiger partial charge in [-0.15, -0.1) is 0 Å². The summed E-state index contributed by atoms with van der Waals surface area (Å²) >= 11 is 3.48. The number of aliphatic carboxylic acids is 1. The van der Waals surface area contributed by atoms with E-state index in [4.69, 9.17) is 9.47 Å². The van der Waals surface area contributed by atoms with Crippen molar-refractivity contribution in [2.24, 2.45) is 0 Å². The highest BCUT2D eigenvalue weighted by molar-refractivity contribution is 9.10. The summed E-state index contributed by atoms with van der Waals surface area (Å²) in [7, 11) is 3.18. The van der Waals surface area contributed by atoms with Crippen molar-refractivity contribution in [2.75, 3.05) is 14.2 Å². The van der Waals surface area contributed by atoms with E-state index in [-0.39, 0.29) is 5.92 Å². The van der Waals surface area contributed by atoms with E-state index < -0.39 is 11.4 Å². The number of benzene rings is 1. The molecule has 0 atom stereocenters. The van der Waals surface area contributed by atoms with Gasteiger partial charge >= 0.3 is 5.97 Å². The van der Waals surface area contributed by atoms with Crippen molar-refractivity contribution in [1.82, 2.24) is 0 Å². The van der Waals surface area contributed by atoms with Gasteiger partial charge in [0.1, 0.15) is 0 Å². The Hall–Kier alpha value is -1.23. The van der Waals surface area contributed by atoms with Crippen molar-refractivity contribution in [2.45, 2.75) is 44.4 Å². The Morgan fingerprint density at radius 1 is 1.29 bits per heavy atom. The quantitative estimate of drug-likeness (QED) is 0.862. The van der Waals surface area contributed by atoms with Crippen molar-refractivity contribution in [1.29, 1.82) is 0 Å². The number of hydrogen-bond donors (Lipinski definition) is 1. The maximum absolute atomic E-state index is 11.9. The molecule has 1 aromatic carbocycles. The molecule has 116 valence electrons. The van der Waals surface area contributed by atoms with E-state index in [1.54, 1.807) is 14.2 Å². The van der Waals surface area contributed by atoms with Gasteiger partial charge in [-0.2, -0.15) is 0 Å². The Balaban J connectivity index is 2.77. The van der Waals surface area contributed by atoms with Crippen molar-refractivity contribution in [3.05, 3.63) is 21.7 Å². The first kappa shape index (κ1) is 16.1. The lowest BCUT2D eigenvalue weighted by Gasteiger charge is -2.40. The maximum atomic E-state index is 11.9. The van der Waals surface area contributed by atoms with Crippen LogP contribution in [-0.2, 0) is 10.2 Å². The number of rotatable bonds is 5. The van der Waals surface area contributed by atoms with E-state index >= 15 is 0 Å². The third-order valence-electron chi connectivity index (χ3n) is 4.35. The fourth-order valence-electron chi connectivity index (χ4n) is 3.11. The average molecular weight is 357 g/mol. The van der Waals surface area contributed by atoms with Gasteiger partial charge < -0.3 is 14.6 Å². The number of methoxy groups -OCH3 is 2. The minimum absolute atomic E-state index is 0.147. The van der Waals surface area contributed by atoms with Gasteiger partial charge in [-0.05, 0) is 46.3 Å². The van der Waals surface area contributed by atoms with Crippen molar-refractivity contribution < 1.29 is 19.4 Å². The zero-order chi connectivity index (χ0) is 15.8. The largest absolute Gasteiger partial charge is 0.493 e. The van der Waals surface area contributed by atoms with Crippen LogP contribution in [0.5, 0.6) is 11.5 Å². The molecule has 0 radical (unpaired) electrons. The summed E-state index contributed by atoms with van der Waals surface area (Å²) in [6.07, 6.45) is 2.28. The molecule has 1 N–H and O–H groups in total. The maximum Gasteiger partial charge on any atom is 0.314 e. The molecule has 2 rings (SSSR count). The van der Waals surface area contributed by atoms with Gasteiger partial charge in [0.25, 0.3) is 0 Å². The van der Waals surface area contributed by atoms with Crippen LogP contribution in [0.1, 0.15) is 50.2 Å². The standard InChI is InChI=1S/C16H21BrO4/c1-9(2)12-10(16(15(18)19)6-5-7-16)8-11(17)13(20-3)14(12)21-4/h8-9H,5-7H2,1-4H3,(H,18,19). The number of carboxylic acids is 1. The van der Waals surface area contributed by atoms with Crippen LogP contribution in [0.2, 0.25) is 0 Å². The number of carbonyl (C=O) groups is 1. The minimum atomic E-state index is -0.790. The summed E-state index contributed by atoms with van der Waals surface area (Å²) in [4.78, 5) is 11.9. The van der Waals surface area contributed by atoms with Crippen LogP contribution in [0.25, 0.3) is 0 Å². The second-order valence-corrected chi connectivity index (χ2v) is 6.64. The lowest BCUT2D eigenvalue weighted by Crippen LogP contribution is -2.43. The van der Waals surface area contributed by atoms with Crippen molar-refractivity contribution >= 4 is 21.9 Å². The molecule has 0 aliphatic heterocycles. The molecule has 0 amide bonds. The summed E-state index contributed by atoms with van der Waals surface area (Å²) in [5.74, 6) is 0.637. The highest BCUT2D eigenvalue weighted by Crippen LogP contribution is 2.52. The van der Waals surface area contributed by atoms with Crippen LogP contribution in [0.15, 0.2) is 10.5 Å². The predicted octanol–water partition coefficient (Wildman–Crippen LogP) is 4.10. The fourth-order valence-corrected chi connectivity index (χ4v) is 3.68. The van der Waals surface area contributed by atoms with Gasteiger partial charge in [0.05, 0.1) is 24.1 Å². The number of halogens is 1. The molecule has 1 aliphatic carbocycles. The number of hydrogen-bond acceptors (Lipinski definition) is 3. The van der Waals surface area contributed by atoms with Gasteiger partial charge in [0, 0.05) is 5.56 Å². The Morgan fingerprint density at radius 2 is 1.86 bits per heavy atom. The minimum Gasteiger partial charge on any atom is -0.493 e. The molecule has 0 spiro atoms. The SMILES string of the molecule is COc1c(Br)cc(C2(C(=O)O)CCC2)c(C(C)C)c1OC. The molecule has 1 fully saturated rings. The second kappa shape index (κ2) is 5.87. The Morgan fingerprint density at radius 3 is 2.19 bits per heavy atom. The van der Waals surface area contributed by atoms with E-state index in [2.05, 4.69) is 15.9 Å². The van der Waals surface area contributed by atoms with Gasteiger partial charge in [-0.3, -0.25) is 4.79 Å². The second-order valence-electron chi connectivity index (χ2n) is 5.78. The summed E-state index contributed by atoms with van der Waals surface area (Å²) < 4.78 is 11.7. The smallest absolute Gasteiger partial charge is 0.314 e. The first-order valence-corrected chi connectivity index (χ1v) is 7.86. The lowest BCUT2D eigenvalue weighted by atomic mass is 9.62. The van der Waals surface area contributed by atoms with Gasteiger partial charge in [0.2, 0.25) is 0 Å². The molecule has 0 bridgehead atoms. The Labute approximate surface area is 133 Å². The molecule has 0 heterocycles. The van der Waals surface area contributed by atoms with Crippen molar-refractivity contribution in [3.8, 4) is 11.5 Å². The zero-order valence-electron chi connectivity index (χ0n) is 12.8. The van der Waals surface area contributed by atoms with E-state index in [1.165, 1.54) is 0 Å². The third-order valence-corrected chi connectivity index (χ3v) is 4.94. The first-order valence-electron chi connectivity index (χ1n) is 7.07.